The van der Waals surface area contributed by atoms with Crippen LogP contribution in [0.3, 0.4) is 0 Å². The molecular weight excluding hydrogens is 359 g/mol. The molecule has 3 nitrogen and oxygen atoms in total. The Kier molecular flexibility index (Phi) is 4.93. The molecule has 0 amide bonds. The summed E-state index contributed by atoms with van der Waals surface area (Å²) in [4.78, 5) is 0. The molecule has 3 aromatic rings. The van der Waals surface area contributed by atoms with Crippen LogP contribution in [0, 0.1) is 11.6 Å². The van der Waals surface area contributed by atoms with E-state index in [1.54, 1.807) is 0 Å². The van der Waals surface area contributed by atoms with Gasteiger partial charge in [-0.25, -0.2) is 0 Å². The summed E-state index contributed by atoms with van der Waals surface area (Å²) in [5.41, 5.74) is -0.792. The van der Waals surface area contributed by atoms with Crippen molar-refractivity contribution in [3.05, 3.63) is 35.9 Å². The number of alkyl halides is 3. The van der Waals surface area contributed by atoms with E-state index in [9.17, 15) is 22.0 Å². The predicted molar refractivity (Wildman–Crippen MR) is 85.3 cm³/mol. The Morgan fingerprint density at radius 2 is 1.46 bits per heavy atom. The zero-order valence-corrected chi connectivity index (χ0v) is 13.8. The van der Waals surface area contributed by atoms with Crippen molar-refractivity contribution >= 4 is 21.9 Å². The van der Waals surface area contributed by atoms with E-state index in [-0.39, 0.29) is 22.1 Å². The average Bonchev–Trinajstić information content (AvgIpc) is 2.95. The lowest BCUT2D eigenvalue weighted by Crippen LogP contribution is -2.17. The molecule has 8 heteroatoms. The molecule has 0 bridgehead atoms. The number of rotatable bonds is 6. The minimum Gasteiger partial charge on any atom is -0.490 e. The molecule has 0 aliphatic rings. The maximum absolute atomic E-state index is 14.6. The Morgan fingerprint density at radius 1 is 0.885 bits per heavy atom. The first kappa shape index (κ1) is 18.3. The summed E-state index contributed by atoms with van der Waals surface area (Å²) in [5, 5.41) is 0.374. The van der Waals surface area contributed by atoms with E-state index in [4.69, 9.17) is 9.15 Å². The van der Waals surface area contributed by atoms with E-state index in [2.05, 4.69) is 4.74 Å². The van der Waals surface area contributed by atoms with E-state index in [0.29, 0.717) is 6.61 Å². The fraction of sp³-hybridized carbons (Fsp3) is 0.333. The SMILES string of the molecule is CCCCCOc1ccc2c(oc3c(F)c(OC(F)(F)F)ccc32)c1F. The standard InChI is InChI=1S/C18H15F5O3/c1-2-3-4-9-24-12-7-5-10-11-6-8-13(26-18(21,22)23)15(20)17(11)25-16(10)14(12)19/h5-8H,2-4,9H2,1H3. The molecule has 2 aromatic carbocycles. The third-order valence-electron chi connectivity index (χ3n) is 3.85. The molecule has 0 spiro atoms. The van der Waals surface area contributed by atoms with Crippen LogP contribution < -0.4 is 9.47 Å². The Balaban J connectivity index is 2.01. The van der Waals surface area contributed by atoms with Crippen molar-refractivity contribution in [2.75, 3.05) is 6.61 Å². The van der Waals surface area contributed by atoms with E-state index < -0.39 is 29.3 Å². The predicted octanol–water partition coefficient (Wildman–Crippen LogP) is 6.33. The van der Waals surface area contributed by atoms with Gasteiger partial charge in [-0.3, -0.25) is 0 Å². The normalized spacial score (nSPS) is 12.1. The van der Waals surface area contributed by atoms with E-state index in [1.807, 2.05) is 6.92 Å². The highest BCUT2D eigenvalue weighted by Crippen LogP contribution is 2.38. The van der Waals surface area contributed by atoms with Gasteiger partial charge in [-0.2, -0.15) is 8.78 Å². The first-order valence-corrected chi connectivity index (χ1v) is 8.03. The summed E-state index contributed by atoms with van der Waals surface area (Å²) < 4.78 is 79.9. The summed E-state index contributed by atoms with van der Waals surface area (Å²) in [5.74, 6) is -3.27. The molecule has 140 valence electrons. The number of hydrogen-bond donors (Lipinski definition) is 0. The van der Waals surface area contributed by atoms with Gasteiger partial charge >= 0.3 is 6.36 Å². The molecule has 0 N–H and O–H groups in total. The lowest BCUT2D eigenvalue weighted by atomic mass is 10.1. The molecule has 0 radical (unpaired) electrons. The molecule has 3 rings (SSSR count). The van der Waals surface area contributed by atoms with Crippen LogP contribution >= 0.6 is 0 Å². The van der Waals surface area contributed by atoms with Crippen molar-refractivity contribution in [3.8, 4) is 11.5 Å². The van der Waals surface area contributed by atoms with Gasteiger partial charge in [0.25, 0.3) is 0 Å². The van der Waals surface area contributed by atoms with E-state index in [0.717, 1.165) is 25.3 Å². The van der Waals surface area contributed by atoms with Crippen molar-refractivity contribution in [1.29, 1.82) is 0 Å². The van der Waals surface area contributed by atoms with Gasteiger partial charge in [0.15, 0.2) is 22.7 Å². The van der Waals surface area contributed by atoms with Crippen LogP contribution in [0.5, 0.6) is 11.5 Å². The fourth-order valence-corrected chi connectivity index (χ4v) is 2.65. The van der Waals surface area contributed by atoms with Crippen molar-refractivity contribution < 1.29 is 35.8 Å². The van der Waals surface area contributed by atoms with Gasteiger partial charge in [-0.15, -0.1) is 13.2 Å². The second kappa shape index (κ2) is 7.01. The van der Waals surface area contributed by atoms with Crippen LogP contribution in [-0.2, 0) is 0 Å². The molecule has 0 saturated carbocycles. The van der Waals surface area contributed by atoms with E-state index >= 15 is 0 Å². The van der Waals surface area contributed by atoms with Crippen LogP contribution in [0.4, 0.5) is 22.0 Å². The highest BCUT2D eigenvalue weighted by atomic mass is 19.4. The van der Waals surface area contributed by atoms with Gasteiger partial charge in [0.2, 0.25) is 11.6 Å². The van der Waals surface area contributed by atoms with Gasteiger partial charge in [0.1, 0.15) is 0 Å². The molecule has 1 aromatic heterocycles. The van der Waals surface area contributed by atoms with Crippen molar-refractivity contribution in [1.82, 2.24) is 0 Å². The van der Waals surface area contributed by atoms with Gasteiger partial charge in [0.05, 0.1) is 6.61 Å². The lowest BCUT2D eigenvalue weighted by molar-refractivity contribution is -0.275. The van der Waals surface area contributed by atoms with Gasteiger partial charge < -0.3 is 13.9 Å². The van der Waals surface area contributed by atoms with Crippen molar-refractivity contribution in [2.45, 2.75) is 32.5 Å². The molecule has 0 fully saturated rings. The molecule has 0 aliphatic heterocycles. The number of halogens is 5. The Hall–Kier alpha value is -2.51. The summed E-state index contributed by atoms with van der Waals surface area (Å²) in [6, 6.07) is 4.87. The van der Waals surface area contributed by atoms with Crippen LogP contribution in [0.25, 0.3) is 21.9 Å². The van der Waals surface area contributed by atoms with Crippen LogP contribution in [0.1, 0.15) is 26.2 Å². The number of furan rings is 1. The minimum atomic E-state index is -5.05. The number of fused-ring (bicyclic) bond motifs is 3. The monoisotopic (exact) mass is 374 g/mol. The first-order valence-electron chi connectivity index (χ1n) is 8.03. The molecule has 0 unspecified atom stereocenters. The lowest BCUT2D eigenvalue weighted by Gasteiger charge is -2.09. The summed E-state index contributed by atoms with van der Waals surface area (Å²) >= 11 is 0. The first-order chi connectivity index (χ1) is 12.3. The largest absolute Gasteiger partial charge is 0.573 e. The van der Waals surface area contributed by atoms with Gasteiger partial charge in [-0.05, 0) is 30.7 Å². The molecule has 0 atom stereocenters. The second-order valence-corrected chi connectivity index (χ2v) is 5.71. The van der Waals surface area contributed by atoms with Crippen molar-refractivity contribution in [2.24, 2.45) is 0 Å². The Bertz CT molecular complexity index is 930. The van der Waals surface area contributed by atoms with Crippen molar-refractivity contribution in [3.63, 3.8) is 0 Å². The number of benzene rings is 2. The Labute approximate surface area is 145 Å². The number of unbranched alkanes of at least 4 members (excludes halogenated alkanes) is 2. The van der Waals surface area contributed by atoms with Crippen LogP contribution in [0.2, 0.25) is 0 Å². The minimum absolute atomic E-state index is 0.0557. The molecule has 0 saturated heterocycles. The zero-order chi connectivity index (χ0) is 18.9. The highest BCUT2D eigenvalue weighted by Gasteiger charge is 2.33. The maximum Gasteiger partial charge on any atom is 0.573 e. The average molecular weight is 374 g/mol. The summed E-state index contributed by atoms with van der Waals surface area (Å²) in [6.45, 7) is 2.33. The quantitative estimate of drug-likeness (QED) is 0.373. The smallest absolute Gasteiger partial charge is 0.490 e. The maximum atomic E-state index is 14.6. The summed E-state index contributed by atoms with van der Waals surface area (Å²) in [7, 11) is 0. The fourth-order valence-electron chi connectivity index (χ4n) is 2.65. The van der Waals surface area contributed by atoms with E-state index in [1.165, 1.54) is 18.2 Å². The van der Waals surface area contributed by atoms with Gasteiger partial charge in [-0.1, -0.05) is 19.8 Å². The Morgan fingerprint density at radius 3 is 2.04 bits per heavy atom. The number of ether oxygens (including phenoxy) is 2. The van der Waals surface area contributed by atoms with Crippen LogP contribution in [-0.4, -0.2) is 13.0 Å². The van der Waals surface area contributed by atoms with Gasteiger partial charge in [0, 0.05) is 10.8 Å². The third kappa shape index (κ3) is 3.54. The second-order valence-electron chi connectivity index (χ2n) is 5.71. The zero-order valence-electron chi connectivity index (χ0n) is 13.8. The summed E-state index contributed by atoms with van der Waals surface area (Å²) in [6.07, 6.45) is -2.39. The van der Waals surface area contributed by atoms with Crippen LogP contribution in [0.15, 0.2) is 28.7 Å². The topological polar surface area (TPSA) is 31.6 Å². The molecule has 26 heavy (non-hydrogen) atoms. The molecule has 0 aliphatic carbocycles. The highest BCUT2D eigenvalue weighted by molar-refractivity contribution is 6.06. The molecule has 1 heterocycles. The number of hydrogen-bond acceptors (Lipinski definition) is 3. The third-order valence-corrected chi connectivity index (χ3v) is 3.85. The molecular formula is C18H15F5O3.